The molecule has 2 atom stereocenters. The third kappa shape index (κ3) is 1.68. The van der Waals surface area contributed by atoms with E-state index in [0.717, 1.165) is 36.0 Å². The molecule has 2 unspecified atom stereocenters. The molecule has 3 nitrogen and oxygen atoms in total. The average Bonchev–Trinajstić information content (AvgIpc) is 2.73. The minimum Gasteiger partial charge on any atom is -0.319 e. The second-order valence-electron chi connectivity index (χ2n) is 4.37. The van der Waals surface area contributed by atoms with Crippen molar-refractivity contribution in [1.82, 2.24) is 9.36 Å². The lowest BCUT2D eigenvalue weighted by molar-refractivity contribution is 0.437. The lowest BCUT2D eigenvalue weighted by Crippen LogP contribution is -2.33. The van der Waals surface area contributed by atoms with Crippen LogP contribution in [0.15, 0.2) is 0 Å². The molecule has 1 aromatic heterocycles. The molecule has 0 radical (unpaired) electrons. The fourth-order valence-electron chi connectivity index (χ4n) is 2.12. The first-order chi connectivity index (χ1) is 6.64. The van der Waals surface area contributed by atoms with E-state index in [1.54, 1.807) is 0 Å². The van der Waals surface area contributed by atoms with Crippen molar-refractivity contribution < 1.29 is 0 Å². The zero-order valence-electron chi connectivity index (χ0n) is 8.79. The van der Waals surface area contributed by atoms with Gasteiger partial charge >= 0.3 is 0 Å². The highest BCUT2D eigenvalue weighted by Crippen LogP contribution is 2.40. The van der Waals surface area contributed by atoms with Crippen molar-refractivity contribution in [1.29, 1.82) is 0 Å². The first kappa shape index (κ1) is 10.1. The number of hydrogen-bond acceptors (Lipinski definition) is 4. The summed E-state index contributed by atoms with van der Waals surface area (Å²) in [7, 11) is 0. The molecule has 1 fully saturated rings. The highest BCUT2D eigenvalue weighted by atomic mass is 32.1. The van der Waals surface area contributed by atoms with Gasteiger partial charge < -0.3 is 5.73 Å². The van der Waals surface area contributed by atoms with Crippen LogP contribution in [-0.2, 0) is 12.0 Å². The first-order valence-electron chi connectivity index (χ1n) is 5.26. The number of rotatable bonds is 2. The van der Waals surface area contributed by atoms with Crippen LogP contribution in [0.4, 0.5) is 0 Å². The number of aryl methyl sites for hydroxylation is 1. The van der Waals surface area contributed by atoms with Crippen molar-refractivity contribution in [2.24, 2.45) is 11.7 Å². The van der Waals surface area contributed by atoms with Gasteiger partial charge in [0, 0.05) is 6.42 Å². The summed E-state index contributed by atoms with van der Waals surface area (Å²) in [5.41, 5.74) is 6.17. The quantitative estimate of drug-likeness (QED) is 0.814. The van der Waals surface area contributed by atoms with Crippen LogP contribution in [0.3, 0.4) is 0 Å². The molecule has 0 aromatic carbocycles. The van der Waals surface area contributed by atoms with E-state index >= 15 is 0 Å². The molecule has 0 bridgehead atoms. The maximum absolute atomic E-state index is 6.35. The zero-order valence-corrected chi connectivity index (χ0v) is 9.60. The third-order valence-corrected chi connectivity index (χ3v) is 3.98. The Labute approximate surface area is 88.9 Å². The standard InChI is InChI=1S/C10H17N3S/c1-3-8-12-9(14-13-8)10(11)5-4-7(2)6-10/h7H,3-6,11H2,1-2H3. The SMILES string of the molecule is CCc1nsc(C2(N)CCC(C)C2)n1. The summed E-state index contributed by atoms with van der Waals surface area (Å²) < 4.78 is 4.30. The van der Waals surface area contributed by atoms with Gasteiger partial charge in [-0.25, -0.2) is 4.98 Å². The largest absolute Gasteiger partial charge is 0.319 e. The van der Waals surface area contributed by atoms with Gasteiger partial charge in [-0.2, -0.15) is 4.37 Å². The van der Waals surface area contributed by atoms with E-state index < -0.39 is 0 Å². The Bertz CT molecular complexity index is 323. The highest BCUT2D eigenvalue weighted by Gasteiger charge is 2.38. The molecule has 0 saturated heterocycles. The minimum atomic E-state index is -0.176. The van der Waals surface area contributed by atoms with Crippen LogP contribution >= 0.6 is 11.5 Å². The van der Waals surface area contributed by atoms with Crippen molar-refractivity contribution in [2.45, 2.75) is 45.1 Å². The average molecular weight is 211 g/mol. The zero-order chi connectivity index (χ0) is 10.2. The Morgan fingerprint density at radius 2 is 2.43 bits per heavy atom. The van der Waals surface area contributed by atoms with Gasteiger partial charge in [-0.1, -0.05) is 13.8 Å². The fourth-order valence-corrected chi connectivity index (χ4v) is 3.00. The Morgan fingerprint density at radius 1 is 1.64 bits per heavy atom. The van der Waals surface area contributed by atoms with Crippen molar-refractivity contribution in [3.05, 3.63) is 10.8 Å². The van der Waals surface area contributed by atoms with Crippen LogP contribution in [0, 0.1) is 5.92 Å². The molecule has 2 rings (SSSR count). The normalized spacial score (nSPS) is 32.4. The van der Waals surface area contributed by atoms with Crippen molar-refractivity contribution in [3.8, 4) is 0 Å². The molecule has 78 valence electrons. The van der Waals surface area contributed by atoms with Crippen molar-refractivity contribution >= 4 is 11.5 Å². The van der Waals surface area contributed by atoms with Crippen LogP contribution < -0.4 is 5.73 Å². The summed E-state index contributed by atoms with van der Waals surface area (Å²) in [5.74, 6) is 1.67. The fraction of sp³-hybridized carbons (Fsp3) is 0.800. The Hall–Kier alpha value is -0.480. The molecular weight excluding hydrogens is 194 g/mol. The van der Waals surface area contributed by atoms with Crippen molar-refractivity contribution in [2.75, 3.05) is 0 Å². The van der Waals surface area contributed by atoms with Crippen molar-refractivity contribution in [3.63, 3.8) is 0 Å². The predicted octanol–water partition coefficient (Wildman–Crippen LogP) is 2.07. The van der Waals surface area contributed by atoms with Crippen LogP contribution in [0.5, 0.6) is 0 Å². The summed E-state index contributed by atoms with van der Waals surface area (Å²) in [5, 5.41) is 1.04. The molecular formula is C10H17N3S. The van der Waals surface area contributed by atoms with Gasteiger partial charge in [0.05, 0.1) is 5.54 Å². The summed E-state index contributed by atoms with van der Waals surface area (Å²) in [6, 6.07) is 0. The van der Waals surface area contributed by atoms with E-state index in [4.69, 9.17) is 5.73 Å². The third-order valence-electron chi connectivity index (χ3n) is 3.01. The Morgan fingerprint density at radius 3 is 2.93 bits per heavy atom. The summed E-state index contributed by atoms with van der Waals surface area (Å²) in [4.78, 5) is 4.50. The number of hydrogen-bond donors (Lipinski definition) is 1. The van der Waals surface area contributed by atoms with Crippen LogP contribution in [0.25, 0.3) is 0 Å². The lowest BCUT2D eigenvalue weighted by atomic mass is 9.99. The predicted molar refractivity (Wildman–Crippen MR) is 58.2 cm³/mol. The summed E-state index contributed by atoms with van der Waals surface area (Å²) in [6.07, 6.45) is 4.25. The summed E-state index contributed by atoms with van der Waals surface area (Å²) >= 11 is 1.49. The molecule has 14 heavy (non-hydrogen) atoms. The molecule has 1 saturated carbocycles. The lowest BCUT2D eigenvalue weighted by Gasteiger charge is -2.19. The second-order valence-corrected chi connectivity index (χ2v) is 5.13. The van der Waals surface area contributed by atoms with E-state index in [0.29, 0.717) is 0 Å². The number of nitrogens with zero attached hydrogens (tertiary/aromatic N) is 2. The Kier molecular flexibility index (Phi) is 2.58. The van der Waals surface area contributed by atoms with Gasteiger partial charge in [-0.3, -0.25) is 0 Å². The molecule has 4 heteroatoms. The molecule has 1 aliphatic carbocycles. The van der Waals surface area contributed by atoms with Crippen LogP contribution in [0.1, 0.15) is 43.9 Å². The van der Waals surface area contributed by atoms with Gasteiger partial charge in [0.2, 0.25) is 0 Å². The van der Waals surface area contributed by atoms with Gasteiger partial charge in [-0.15, -0.1) is 0 Å². The molecule has 0 spiro atoms. The van der Waals surface area contributed by atoms with E-state index in [-0.39, 0.29) is 5.54 Å². The van der Waals surface area contributed by atoms with E-state index in [1.165, 1.54) is 18.0 Å². The first-order valence-corrected chi connectivity index (χ1v) is 6.03. The molecule has 2 N–H and O–H groups in total. The minimum absolute atomic E-state index is 0.176. The Balaban J connectivity index is 2.21. The van der Waals surface area contributed by atoms with Gasteiger partial charge in [-0.05, 0) is 36.7 Å². The maximum atomic E-state index is 6.35. The van der Waals surface area contributed by atoms with Gasteiger partial charge in [0.25, 0.3) is 0 Å². The summed E-state index contributed by atoms with van der Waals surface area (Å²) in [6.45, 7) is 4.34. The smallest absolute Gasteiger partial charge is 0.142 e. The van der Waals surface area contributed by atoms with Crippen LogP contribution in [0.2, 0.25) is 0 Å². The molecule has 1 aromatic rings. The van der Waals surface area contributed by atoms with Gasteiger partial charge in [0.15, 0.2) is 0 Å². The number of aromatic nitrogens is 2. The maximum Gasteiger partial charge on any atom is 0.142 e. The molecule has 1 heterocycles. The number of nitrogens with two attached hydrogens (primary N) is 1. The highest BCUT2D eigenvalue weighted by molar-refractivity contribution is 7.05. The molecule has 0 aliphatic heterocycles. The molecule has 0 amide bonds. The van der Waals surface area contributed by atoms with Crippen LogP contribution in [-0.4, -0.2) is 9.36 Å². The topological polar surface area (TPSA) is 51.8 Å². The van der Waals surface area contributed by atoms with E-state index in [1.807, 2.05) is 0 Å². The van der Waals surface area contributed by atoms with E-state index in [9.17, 15) is 0 Å². The van der Waals surface area contributed by atoms with E-state index in [2.05, 4.69) is 23.2 Å². The van der Waals surface area contributed by atoms with Gasteiger partial charge in [0.1, 0.15) is 10.8 Å². The molecule has 1 aliphatic rings. The monoisotopic (exact) mass is 211 g/mol. The second kappa shape index (κ2) is 3.59.